The number of carbonyl (C=O) groups excluding carboxylic acids is 1. The van der Waals surface area contributed by atoms with Crippen LogP contribution in [-0.2, 0) is 0 Å². The minimum atomic E-state index is 0.0783. The maximum Gasteiger partial charge on any atom is 0.254 e. The highest BCUT2D eigenvalue weighted by atomic mass is 35.5. The van der Waals surface area contributed by atoms with Crippen LogP contribution in [0.15, 0.2) is 12.1 Å². The largest absolute Gasteiger partial charge is 0.339 e. The van der Waals surface area contributed by atoms with Crippen LogP contribution in [0.25, 0.3) is 0 Å². The van der Waals surface area contributed by atoms with Gasteiger partial charge in [-0.2, -0.15) is 0 Å². The number of carbonyl (C=O) groups is 1. The van der Waals surface area contributed by atoms with E-state index in [4.69, 9.17) is 11.6 Å². The van der Waals surface area contributed by atoms with Crippen LogP contribution in [0.1, 0.15) is 42.7 Å². The molecule has 104 valence electrons. The summed E-state index contributed by atoms with van der Waals surface area (Å²) in [6.45, 7) is 8.07. The first kappa shape index (κ1) is 14.3. The van der Waals surface area contributed by atoms with Gasteiger partial charge in [-0.05, 0) is 43.7 Å². The van der Waals surface area contributed by atoms with Crippen molar-refractivity contribution in [3.8, 4) is 0 Å². The molecule has 0 aliphatic carbocycles. The van der Waals surface area contributed by atoms with Crippen molar-refractivity contribution in [3.05, 3.63) is 28.5 Å². The van der Waals surface area contributed by atoms with E-state index < -0.39 is 0 Å². The predicted molar refractivity (Wildman–Crippen MR) is 77.4 cm³/mol. The van der Waals surface area contributed by atoms with Crippen LogP contribution >= 0.6 is 11.6 Å². The third-order valence-electron chi connectivity index (χ3n) is 3.94. The van der Waals surface area contributed by atoms with Crippen molar-refractivity contribution in [1.82, 2.24) is 9.88 Å². The van der Waals surface area contributed by atoms with Crippen LogP contribution in [0, 0.1) is 18.8 Å². The third-order valence-corrected chi connectivity index (χ3v) is 4.13. The Labute approximate surface area is 120 Å². The number of aryl methyl sites for hydroxylation is 1. The highest BCUT2D eigenvalue weighted by molar-refractivity contribution is 6.29. The predicted octanol–water partition coefficient (Wildman–Crippen LogP) is 3.55. The fraction of sp³-hybridized carbons (Fsp3) is 0.600. The summed E-state index contributed by atoms with van der Waals surface area (Å²) in [6, 6.07) is 3.47. The fourth-order valence-electron chi connectivity index (χ4n) is 2.70. The van der Waals surface area contributed by atoms with Crippen molar-refractivity contribution in [3.63, 3.8) is 0 Å². The molecular formula is C15H21ClN2O. The molecule has 0 spiro atoms. The molecule has 1 aliphatic heterocycles. The molecule has 1 aromatic heterocycles. The van der Waals surface area contributed by atoms with E-state index in [1.807, 2.05) is 17.9 Å². The molecule has 1 fully saturated rings. The lowest BCUT2D eigenvalue weighted by Gasteiger charge is -2.34. The summed E-state index contributed by atoms with van der Waals surface area (Å²) >= 11 is 5.92. The zero-order chi connectivity index (χ0) is 14.0. The number of hydrogen-bond acceptors (Lipinski definition) is 2. The van der Waals surface area contributed by atoms with Crippen LogP contribution in [0.4, 0.5) is 0 Å². The van der Waals surface area contributed by atoms with Crippen LogP contribution in [0.2, 0.25) is 5.15 Å². The lowest BCUT2D eigenvalue weighted by Crippen LogP contribution is -2.39. The summed E-state index contributed by atoms with van der Waals surface area (Å²) in [4.78, 5) is 18.4. The van der Waals surface area contributed by atoms with Gasteiger partial charge in [0.05, 0.1) is 0 Å². The average molecular weight is 281 g/mol. The molecule has 2 heterocycles. The van der Waals surface area contributed by atoms with Crippen LogP contribution in [0.5, 0.6) is 0 Å². The Hall–Kier alpha value is -1.09. The summed E-state index contributed by atoms with van der Waals surface area (Å²) in [5.74, 6) is 1.52. The van der Waals surface area contributed by atoms with Gasteiger partial charge < -0.3 is 4.90 Å². The van der Waals surface area contributed by atoms with E-state index in [9.17, 15) is 4.79 Å². The van der Waals surface area contributed by atoms with Gasteiger partial charge in [-0.25, -0.2) is 4.98 Å². The number of rotatable bonds is 2. The third kappa shape index (κ3) is 3.47. The van der Waals surface area contributed by atoms with Gasteiger partial charge in [0.25, 0.3) is 5.91 Å². The maximum absolute atomic E-state index is 12.4. The Morgan fingerprint density at radius 2 is 2.00 bits per heavy atom. The van der Waals surface area contributed by atoms with E-state index in [2.05, 4.69) is 18.8 Å². The Morgan fingerprint density at radius 1 is 1.37 bits per heavy atom. The van der Waals surface area contributed by atoms with Crippen LogP contribution in [0.3, 0.4) is 0 Å². The van der Waals surface area contributed by atoms with Gasteiger partial charge in [0.15, 0.2) is 0 Å². The van der Waals surface area contributed by atoms with Crippen molar-refractivity contribution in [1.29, 1.82) is 0 Å². The van der Waals surface area contributed by atoms with Gasteiger partial charge in [-0.15, -0.1) is 0 Å². The zero-order valence-corrected chi connectivity index (χ0v) is 12.6. The molecule has 3 nitrogen and oxygen atoms in total. The van der Waals surface area contributed by atoms with Gasteiger partial charge in [-0.3, -0.25) is 4.79 Å². The van der Waals surface area contributed by atoms with E-state index in [0.29, 0.717) is 16.6 Å². The number of nitrogens with zero attached hydrogens (tertiary/aromatic N) is 2. The molecule has 0 saturated carbocycles. The number of halogens is 1. The van der Waals surface area contributed by atoms with E-state index >= 15 is 0 Å². The Kier molecular flexibility index (Phi) is 4.46. The topological polar surface area (TPSA) is 33.2 Å². The second kappa shape index (κ2) is 5.91. The van der Waals surface area contributed by atoms with E-state index in [1.54, 1.807) is 6.07 Å². The summed E-state index contributed by atoms with van der Waals surface area (Å²) < 4.78 is 0. The molecule has 19 heavy (non-hydrogen) atoms. The van der Waals surface area contributed by atoms with Crippen LogP contribution in [-0.4, -0.2) is 28.9 Å². The first-order valence-electron chi connectivity index (χ1n) is 6.91. The van der Waals surface area contributed by atoms with Gasteiger partial charge in [-0.1, -0.05) is 25.4 Å². The molecule has 1 amide bonds. The Morgan fingerprint density at radius 3 is 2.53 bits per heavy atom. The van der Waals surface area contributed by atoms with E-state index in [-0.39, 0.29) is 5.91 Å². The highest BCUT2D eigenvalue weighted by Crippen LogP contribution is 2.25. The monoisotopic (exact) mass is 280 g/mol. The van der Waals surface area contributed by atoms with Gasteiger partial charge >= 0.3 is 0 Å². The molecule has 1 saturated heterocycles. The molecule has 4 heteroatoms. The summed E-state index contributed by atoms with van der Waals surface area (Å²) in [7, 11) is 0. The van der Waals surface area contributed by atoms with E-state index in [0.717, 1.165) is 37.5 Å². The second-order valence-electron chi connectivity index (χ2n) is 5.69. The molecule has 1 aliphatic rings. The number of piperidine rings is 1. The standard InChI is InChI=1S/C15H21ClN2O/c1-10(2)12-4-6-18(7-5-12)15(19)13-8-11(3)17-14(16)9-13/h8-10,12H,4-7H2,1-3H3. The average Bonchev–Trinajstić information content (AvgIpc) is 2.37. The summed E-state index contributed by atoms with van der Waals surface area (Å²) in [5.41, 5.74) is 1.44. The van der Waals surface area contributed by atoms with Gasteiger partial charge in [0, 0.05) is 24.3 Å². The number of aromatic nitrogens is 1. The molecule has 0 bridgehead atoms. The number of pyridine rings is 1. The smallest absolute Gasteiger partial charge is 0.254 e. The maximum atomic E-state index is 12.4. The summed E-state index contributed by atoms with van der Waals surface area (Å²) in [5, 5.41) is 0.389. The number of amides is 1. The van der Waals surface area contributed by atoms with Crippen molar-refractivity contribution in [2.24, 2.45) is 11.8 Å². The molecule has 0 radical (unpaired) electrons. The molecule has 1 aromatic rings. The lowest BCUT2D eigenvalue weighted by atomic mass is 9.86. The normalized spacial score (nSPS) is 17.0. The molecule has 0 aromatic carbocycles. The molecular weight excluding hydrogens is 260 g/mol. The molecule has 0 atom stereocenters. The van der Waals surface area contributed by atoms with Crippen LogP contribution < -0.4 is 0 Å². The van der Waals surface area contributed by atoms with Gasteiger partial charge in [0.2, 0.25) is 0 Å². The molecule has 0 N–H and O–H groups in total. The Balaban J connectivity index is 2.05. The van der Waals surface area contributed by atoms with Crippen molar-refractivity contribution in [2.45, 2.75) is 33.6 Å². The van der Waals surface area contributed by atoms with Crippen molar-refractivity contribution in [2.75, 3.05) is 13.1 Å². The van der Waals surface area contributed by atoms with Gasteiger partial charge in [0.1, 0.15) is 5.15 Å². The fourth-order valence-corrected chi connectivity index (χ4v) is 2.95. The molecule has 2 rings (SSSR count). The minimum Gasteiger partial charge on any atom is -0.339 e. The minimum absolute atomic E-state index is 0.0783. The van der Waals surface area contributed by atoms with E-state index in [1.165, 1.54) is 0 Å². The second-order valence-corrected chi connectivity index (χ2v) is 6.08. The zero-order valence-electron chi connectivity index (χ0n) is 11.8. The SMILES string of the molecule is Cc1cc(C(=O)N2CCC(C(C)C)CC2)cc(Cl)n1. The first-order chi connectivity index (χ1) is 8.97. The Bertz CT molecular complexity index is 445. The number of likely N-dealkylation sites (tertiary alicyclic amines) is 1. The quantitative estimate of drug-likeness (QED) is 0.776. The number of hydrogen-bond donors (Lipinski definition) is 0. The lowest BCUT2D eigenvalue weighted by molar-refractivity contribution is 0.0667. The summed E-state index contributed by atoms with van der Waals surface area (Å²) in [6.07, 6.45) is 2.20. The first-order valence-corrected chi connectivity index (χ1v) is 7.28. The van der Waals surface area contributed by atoms with Crippen molar-refractivity contribution < 1.29 is 4.79 Å². The molecule has 0 unspecified atom stereocenters. The highest BCUT2D eigenvalue weighted by Gasteiger charge is 2.25. The van der Waals surface area contributed by atoms with Crippen molar-refractivity contribution >= 4 is 17.5 Å².